The number of sulfonamides is 1. The van der Waals surface area contributed by atoms with Crippen molar-refractivity contribution in [2.24, 2.45) is 5.92 Å². The Kier molecular flexibility index (Phi) is 10.6. The number of nitrogens with one attached hydrogen (secondary N) is 3. The van der Waals surface area contributed by atoms with Gasteiger partial charge in [-0.15, -0.1) is 0 Å². The van der Waals surface area contributed by atoms with Crippen LogP contribution in [0, 0.1) is 11.7 Å². The van der Waals surface area contributed by atoms with Crippen molar-refractivity contribution in [3.05, 3.63) is 100 Å². The van der Waals surface area contributed by atoms with E-state index in [1.54, 1.807) is 0 Å². The molecule has 3 N–H and O–H groups in total. The lowest BCUT2D eigenvalue weighted by atomic mass is 9.86. The molecule has 11 heteroatoms. The van der Waals surface area contributed by atoms with Crippen molar-refractivity contribution >= 4 is 15.9 Å². The largest absolute Gasteiger partial charge is 0.416 e. The number of hydrogen-bond donors (Lipinski definition) is 3. The Hall–Kier alpha value is -3.28. The summed E-state index contributed by atoms with van der Waals surface area (Å²) in [5, 5.41) is 6.46. The molecule has 2 atom stereocenters. The molecule has 6 nitrogen and oxygen atoms in total. The third kappa shape index (κ3) is 9.11. The highest BCUT2D eigenvalue weighted by Gasteiger charge is 2.33. The SMILES string of the molecule is CC(C)CNCCc1ccc2c(c1)CCC[C@H]2NC(=O)C[C@@H](NS(=O)(=O)c1cccc(C(F)(F)F)c1)c1ccc(F)cc1. The molecule has 0 fully saturated rings. The number of benzene rings is 3. The summed E-state index contributed by atoms with van der Waals surface area (Å²) in [5.41, 5.74) is 2.58. The van der Waals surface area contributed by atoms with Crippen molar-refractivity contribution in [3.63, 3.8) is 0 Å². The number of carbonyl (C=O) groups is 1. The van der Waals surface area contributed by atoms with Crippen LogP contribution < -0.4 is 15.4 Å². The first-order valence-corrected chi connectivity index (χ1v) is 15.9. The molecule has 0 heterocycles. The first-order valence-electron chi connectivity index (χ1n) is 14.4. The lowest BCUT2D eigenvalue weighted by Gasteiger charge is -2.28. The van der Waals surface area contributed by atoms with Gasteiger partial charge in [0, 0.05) is 6.42 Å². The van der Waals surface area contributed by atoms with Crippen LogP contribution in [0.15, 0.2) is 71.6 Å². The van der Waals surface area contributed by atoms with Gasteiger partial charge in [0.05, 0.1) is 22.5 Å². The van der Waals surface area contributed by atoms with Gasteiger partial charge in [-0.05, 0) is 97.3 Å². The molecule has 232 valence electrons. The molecule has 1 amide bonds. The quantitative estimate of drug-likeness (QED) is 0.166. The second-order valence-electron chi connectivity index (χ2n) is 11.3. The Morgan fingerprint density at radius 2 is 1.77 bits per heavy atom. The maximum absolute atomic E-state index is 13.6. The van der Waals surface area contributed by atoms with Crippen LogP contribution in [0.2, 0.25) is 0 Å². The Bertz CT molecular complexity index is 1510. The number of carbonyl (C=O) groups excluding carboxylic acids is 1. The van der Waals surface area contributed by atoms with E-state index in [1.807, 2.05) is 6.07 Å². The van der Waals surface area contributed by atoms with E-state index in [1.165, 1.54) is 23.3 Å². The molecular formula is C32H37F4N3O3S. The molecule has 0 aromatic heterocycles. The molecule has 0 saturated carbocycles. The zero-order chi connectivity index (χ0) is 31.2. The highest BCUT2D eigenvalue weighted by molar-refractivity contribution is 7.89. The molecule has 4 rings (SSSR count). The standard InChI is InChI=1S/C32H37F4N3O3S/c1-21(2)20-37-16-15-22-9-14-28-24(17-22)5-3-8-29(28)38-31(40)19-30(23-10-12-26(33)13-11-23)39-43(41,42)27-7-4-6-25(18-27)32(34,35)36/h4,6-7,9-14,17-18,21,29-30,37,39H,3,5,8,15-16,19-20H2,1-2H3,(H,38,40)/t29-,30-/m1/s1. The van der Waals surface area contributed by atoms with Crippen LogP contribution in [0.4, 0.5) is 17.6 Å². The van der Waals surface area contributed by atoms with Gasteiger partial charge in [-0.1, -0.05) is 50.2 Å². The Morgan fingerprint density at radius 1 is 1.02 bits per heavy atom. The van der Waals surface area contributed by atoms with Crippen molar-refractivity contribution < 1.29 is 30.8 Å². The van der Waals surface area contributed by atoms with Crippen molar-refractivity contribution in [1.29, 1.82) is 0 Å². The summed E-state index contributed by atoms with van der Waals surface area (Å²) < 4.78 is 82.0. The number of hydrogen-bond acceptors (Lipinski definition) is 4. The van der Waals surface area contributed by atoms with E-state index in [-0.39, 0.29) is 12.5 Å². The first-order chi connectivity index (χ1) is 20.3. The summed E-state index contributed by atoms with van der Waals surface area (Å²) >= 11 is 0. The number of alkyl halides is 3. The number of halogens is 4. The molecule has 0 bridgehead atoms. The molecule has 0 aliphatic heterocycles. The first kappa shape index (κ1) is 32.6. The molecule has 43 heavy (non-hydrogen) atoms. The summed E-state index contributed by atoms with van der Waals surface area (Å²) in [7, 11) is -4.48. The van der Waals surface area contributed by atoms with Crippen LogP contribution >= 0.6 is 0 Å². The molecule has 3 aromatic carbocycles. The fraction of sp³-hybridized carbons (Fsp3) is 0.406. The van der Waals surface area contributed by atoms with Crippen molar-refractivity contribution in [2.45, 2.75) is 69.1 Å². The molecule has 1 aliphatic carbocycles. The maximum atomic E-state index is 13.6. The van der Waals surface area contributed by atoms with Crippen molar-refractivity contribution in [3.8, 4) is 0 Å². The van der Waals surface area contributed by atoms with Crippen LogP contribution in [-0.2, 0) is 33.8 Å². The lowest BCUT2D eigenvalue weighted by molar-refractivity contribution is -0.137. The van der Waals surface area contributed by atoms with Gasteiger partial charge in [0.1, 0.15) is 5.82 Å². The highest BCUT2D eigenvalue weighted by atomic mass is 32.2. The topological polar surface area (TPSA) is 87.3 Å². The predicted molar refractivity (Wildman–Crippen MR) is 157 cm³/mol. The molecule has 0 saturated heterocycles. The molecule has 0 radical (unpaired) electrons. The summed E-state index contributed by atoms with van der Waals surface area (Å²) in [5.74, 6) is -0.422. The average Bonchev–Trinajstić information content (AvgIpc) is 2.95. The Balaban J connectivity index is 1.49. The average molecular weight is 620 g/mol. The Morgan fingerprint density at radius 3 is 2.47 bits per heavy atom. The zero-order valence-corrected chi connectivity index (χ0v) is 25.0. The van der Waals surface area contributed by atoms with Crippen LogP contribution in [0.3, 0.4) is 0 Å². The van der Waals surface area contributed by atoms with Gasteiger partial charge >= 0.3 is 6.18 Å². The normalized spacial score (nSPS) is 16.1. The second kappa shape index (κ2) is 14.0. The third-order valence-electron chi connectivity index (χ3n) is 7.43. The minimum absolute atomic E-state index is 0.265. The van der Waals surface area contributed by atoms with Gasteiger partial charge in [0.25, 0.3) is 0 Å². The fourth-order valence-electron chi connectivity index (χ4n) is 5.25. The van der Waals surface area contributed by atoms with Gasteiger partial charge in [-0.3, -0.25) is 4.79 Å². The number of rotatable bonds is 12. The third-order valence-corrected chi connectivity index (χ3v) is 8.90. The second-order valence-corrected chi connectivity index (χ2v) is 13.1. The van der Waals surface area contributed by atoms with E-state index in [0.29, 0.717) is 24.0 Å². The maximum Gasteiger partial charge on any atom is 0.416 e. The van der Waals surface area contributed by atoms with E-state index in [2.05, 4.69) is 41.3 Å². The van der Waals surface area contributed by atoms with Crippen LogP contribution in [0.5, 0.6) is 0 Å². The van der Waals surface area contributed by atoms with Gasteiger partial charge in [0.2, 0.25) is 15.9 Å². The molecular weight excluding hydrogens is 582 g/mol. The number of aryl methyl sites for hydroxylation is 1. The van der Waals surface area contributed by atoms with Gasteiger partial charge < -0.3 is 10.6 Å². The smallest absolute Gasteiger partial charge is 0.349 e. The van der Waals surface area contributed by atoms with Gasteiger partial charge in [-0.25, -0.2) is 17.5 Å². The van der Waals surface area contributed by atoms with E-state index < -0.39 is 44.4 Å². The predicted octanol–water partition coefficient (Wildman–Crippen LogP) is 6.24. The highest BCUT2D eigenvalue weighted by Crippen LogP contribution is 2.33. The minimum atomic E-state index is -4.73. The van der Waals surface area contributed by atoms with Crippen molar-refractivity contribution in [2.75, 3.05) is 13.1 Å². The number of amides is 1. The van der Waals surface area contributed by atoms with Crippen LogP contribution in [-0.4, -0.2) is 27.4 Å². The molecule has 1 aliphatic rings. The summed E-state index contributed by atoms with van der Waals surface area (Å²) in [6.07, 6.45) is -1.70. The number of fused-ring (bicyclic) bond motifs is 1. The molecule has 3 aromatic rings. The van der Waals surface area contributed by atoms with Crippen molar-refractivity contribution in [1.82, 2.24) is 15.4 Å². The molecule has 0 unspecified atom stereocenters. The fourth-order valence-corrected chi connectivity index (χ4v) is 6.52. The van der Waals surface area contributed by atoms with E-state index in [0.717, 1.165) is 68.2 Å². The van der Waals surface area contributed by atoms with Crippen LogP contribution in [0.1, 0.15) is 73.0 Å². The minimum Gasteiger partial charge on any atom is -0.349 e. The molecule has 0 spiro atoms. The van der Waals surface area contributed by atoms with Gasteiger partial charge in [0.15, 0.2) is 0 Å². The summed E-state index contributed by atoms with van der Waals surface area (Å²) in [6, 6.07) is 13.2. The van der Waals surface area contributed by atoms with Crippen LogP contribution in [0.25, 0.3) is 0 Å². The van der Waals surface area contributed by atoms with E-state index in [9.17, 15) is 30.8 Å². The van der Waals surface area contributed by atoms with E-state index in [4.69, 9.17) is 0 Å². The van der Waals surface area contributed by atoms with E-state index >= 15 is 0 Å². The summed E-state index contributed by atoms with van der Waals surface area (Å²) in [4.78, 5) is 12.7. The van der Waals surface area contributed by atoms with Gasteiger partial charge in [-0.2, -0.15) is 13.2 Å². The lowest BCUT2D eigenvalue weighted by Crippen LogP contribution is -2.36. The monoisotopic (exact) mass is 619 g/mol. The zero-order valence-electron chi connectivity index (χ0n) is 24.2. The Labute approximate surface area is 250 Å². The summed E-state index contributed by atoms with van der Waals surface area (Å²) in [6.45, 7) is 6.15.